The Balaban J connectivity index is 1.23. The Bertz CT molecular complexity index is 1460. The quantitative estimate of drug-likeness (QED) is 0.194. The molecule has 3 fully saturated rings. The molecule has 0 aromatic carbocycles. The number of carbonyl (C=O) groups excluding carboxylic acids is 6. The normalized spacial score (nSPS) is 25.0. The maximum Gasteiger partial charge on any atom is 0.348 e. The second kappa shape index (κ2) is 11.1. The third kappa shape index (κ3) is 6.31. The molecule has 5 aliphatic rings. The summed E-state index contributed by atoms with van der Waals surface area (Å²) in [5.41, 5.74) is -1.70. The summed E-state index contributed by atoms with van der Waals surface area (Å²) in [5, 5.41) is 21.0. The van der Waals surface area contributed by atoms with Crippen LogP contribution >= 0.6 is 0 Å². The van der Waals surface area contributed by atoms with E-state index in [1.165, 1.54) is 27.7 Å². The number of hydrogen-bond acceptors (Lipinski definition) is 16. The highest BCUT2D eigenvalue weighted by Crippen LogP contribution is 2.46. The molecule has 0 atom stereocenters. The van der Waals surface area contributed by atoms with Crippen molar-refractivity contribution in [2.75, 3.05) is 0 Å². The van der Waals surface area contributed by atoms with Gasteiger partial charge in [0.25, 0.3) is 35.0 Å². The molecule has 2 spiro atoms. The predicted molar refractivity (Wildman–Crippen MR) is 145 cm³/mol. The minimum absolute atomic E-state index is 0.129. The minimum atomic E-state index is -1.65. The van der Waals surface area contributed by atoms with Gasteiger partial charge in [-0.2, -0.15) is 0 Å². The molecule has 16 heteroatoms. The molecule has 0 aromatic heterocycles. The second-order valence-electron chi connectivity index (χ2n) is 11.5. The standard InChI is InChI=1S/C30H28O16/c1-27(2)39-19(31)15(20(32)40-27)7-5-9-17-23(35)43-29(44-24(17)36)11-13-30(14-12-29)45-25(37)18(26(38)46-30)10-6-8-16-21(33)41-28(3,4)42-22(16)34/h5-10,35,37H,11-14H2,1-4H3/b9-5+,10-6+. The monoisotopic (exact) mass is 644 g/mol. The Kier molecular flexibility index (Phi) is 7.70. The number of ether oxygens (including phenoxy) is 8. The van der Waals surface area contributed by atoms with Gasteiger partial charge < -0.3 is 48.1 Å². The van der Waals surface area contributed by atoms with Crippen LogP contribution in [0.3, 0.4) is 0 Å². The fourth-order valence-corrected chi connectivity index (χ4v) is 4.90. The van der Waals surface area contributed by atoms with Crippen molar-refractivity contribution in [1.82, 2.24) is 0 Å². The van der Waals surface area contributed by atoms with Crippen molar-refractivity contribution in [2.45, 2.75) is 76.5 Å². The zero-order valence-electron chi connectivity index (χ0n) is 24.9. The summed E-state index contributed by atoms with van der Waals surface area (Å²) in [6, 6.07) is 0. The SMILES string of the molecule is CC1(C)OC(=O)C(=C/C=C/C2=C(O)OC3(CCC4(CC3)OC(=O)C(/C=C/C=C3C(=O)OC(C)(C)OC3=O)=C(O)O4)OC2=O)C(=O)O1. The van der Waals surface area contributed by atoms with Crippen LogP contribution in [0.25, 0.3) is 0 Å². The molecule has 1 aliphatic carbocycles. The van der Waals surface area contributed by atoms with E-state index in [1.807, 2.05) is 0 Å². The van der Waals surface area contributed by atoms with Gasteiger partial charge in [0, 0.05) is 53.4 Å². The van der Waals surface area contributed by atoms with Gasteiger partial charge in [0.15, 0.2) is 0 Å². The zero-order valence-corrected chi connectivity index (χ0v) is 24.9. The minimum Gasteiger partial charge on any atom is -0.480 e. The van der Waals surface area contributed by atoms with Crippen LogP contribution < -0.4 is 0 Å². The van der Waals surface area contributed by atoms with E-state index < -0.39 is 93.1 Å². The number of cyclic esters (lactones) is 4. The van der Waals surface area contributed by atoms with Crippen LogP contribution in [0.2, 0.25) is 0 Å². The van der Waals surface area contributed by atoms with Gasteiger partial charge in [-0.05, 0) is 24.3 Å². The fourth-order valence-electron chi connectivity index (χ4n) is 4.90. The Morgan fingerprint density at radius 1 is 0.478 bits per heavy atom. The summed E-state index contributed by atoms with van der Waals surface area (Å²) < 4.78 is 41.9. The molecule has 0 bridgehead atoms. The summed E-state index contributed by atoms with van der Waals surface area (Å²) >= 11 is 0. The van der Waals surface area contributed by atoms with Crippen LogP contribution in [0.5, 0.6) is 0 Å². The van der Waals surface area contributed by atoms with Gasteiger partial charge in [-0.1, -0.05) is 12.2 Å². The lowest BCUT2D eigenvalue weighted by Gasteiger charge is -2.46. The third-order valence-electron chi connectivity index (χ3n) is 7.08. The predicted octanol–water partition coefficient (Wildman–Crippen LogP) is 2.28. The Morgan fingerprint density at radius 3 is 1.07 bits per heavy atom. The zero-order chi connectivity index (χ0) is 33.7. The van der Waals surface area contributed by atoms with Crippen LogP contribution in [0.4, 0.5) is 0 Å². The number of allylic oxidation sites excluding steroid dienone is 4. The van der Waals surface area contributed by atoms with Crippen LogP contribution in [0.15, 0.2) is 70.6 Å². The van der Waals surface area contributed by atoms with E-state index in [0.717, 1.165) is 36.5 Å². The molecular formula is C30H28O16. The molecule has 1 saturated carbocycles. The van der Waals surface area contributed by atoms with Crippen molar-refractivity contribution >= 4 is 35.8 Å². The first kappa shape index (κ1) is 31.9. The molecule has 2 N–H and O–H groups in total. The summed E-state index contributed by atoms with van der Waals surface area (Å²) in [6.45, 7) is 5.54. The molecule has 0 aromatic rings. The molecule has 0 unspecified atom stereocenters. The lowest BCUT2D eigenvalue weighted by atomic mass is 9.87. The Labute approximate surface area is 260 Å². The van der Waals surface area contributed by atoms with Crippen LogP contribution in [0.1, 0.15) is 53.4 Å². The molecule has 46 heavy (non-hydrogen) atoms. The first-order valence-electron chi connectivity index (χ1n) is 13.8. The number of carbonyl (C=O) groups is 6. The van der Waals surface area contributed by atoms with Gasteiger partial charge in [0.2, 0.25) is 0 Å². The van der Waals surface area contributed by atoms with Gasteiger partial charge in [-0.15, -0.1) is 0 Å². The highest BCUT2D eigenvalue weighted by atomic mass is 16.8. The molecule has 2 saturated heterocycles. The average Bonchev–Trinajstić information content (AvgIpc) is 2.91. The third-order valence-corrected chi connectivity index (χ3v) is 7.08. The number of aliphatic hydroxyl groups is 2. The molecule has 0 radical (unpaired) electrons. The molecule has 244 valence electrons. The topological polar surface area (TPSA) is 217 Å². The summed E-state index contributed by atoms with van der Waals surface area (Å²) in [4.78, 5) is 73.8. The van der Waals surface area contributed by atoms with Gasteiger partial charge in [-0.3, -0.25) is 0 Å². The van der Waals surface area contributed by atoms with Crippen molar-refractivity contribution in [2.24, 2.45) is 0 Å². The maximum atomic E-state index is 12.8. The number of rotatable bonds is 4. The number of hydrogen-bond donors (Lipinski definition) is 2. The van der Waals surface area contributed by atoms with E-state index in [4.69, 9.17) is 37.9 Å². The van der Waals surface area contributed by atoms with Crippen molar-refractivity contribution in [1.29, 1.82) is 0 Å². The molecular weight excluding hydrogens is 616 g/mol. The van der Waals surface area contributed by atoms with Crippen molar-refractivity contribution in [3.63, 3.8) is 0 Å². The van der Waals surface area contributed by atoms with Crippen molar-refractivity contribution in [3.8, 4) is 0 Å². The smallest absolute Gasteiger partial charge is 0.348 e. The van der Waals surface area contributed by atoms with E-state index >= 15 is 0 Å². The van der Waals surface area contributed by atoms with Crippen LogP contribution in [-0.4, -0.2) is 69.2 Å². The largest absolute Gasteiger partial charge is 0.480 e. The van der Waals surface area contributed by atoms with E-state index in [2.05, 4.69) is 0 Å². The van der Waals surface area contributed by atoms with Gasteiger partial charge >= 0.3 is 35.8 Å². The van der Waals surface area contributed by atoms with Gasteiger partial charge in [0.1, 0.15) is 22.3 Å². The molecule has 16 nitrogen and oxygen atoms in total. The highest BCUT2D eigenvalue weighted by Gasteiger charge is 2.55. The number of esters is 6. The average molecular weight is 645 g/mol. The number of aliphatic hydroxyl groups excluding tert-OH is 2. The summed E-state index contributed by atoms with van der Waals surface area (Å²) in [7, 11) is 0. The van der Waals surface area contributed by atoms with Gasteiger partial charge in [0.05, 0.1) is 0 Å². The molecule has 0 amide bonds. The summed E-state index contributed by atoms with van der Waals surface area (Å²) in [5.74, 6) is -13.4. The molecule has 4 heterocycles. The van der Waals surface area contributed by atoms with Crippen molar-refractivity contribution < 1.29 is 76.9 Å². The second-order valence-corrected chi connectivity index (χ2v) is 11.5. The van der Waals surface area contributed by atoms with Crippen molar-refractivity contribution in [3.05, 3.63) is 70.6 Å². The lowest BCUT2D eigenvalue weighted by molar-refractivity contribution is -0.302. The Morgan fingerprint density at radius 2 is 0.783 bits per heavy atom. The van der Waals surface area contributed by atoms with Crippen LogP contribution in [-0.2, 0) is 66.7 Å². The molecule has 5 rings (SSSR count). The van der Waals surface area contributed by atoms with Gasteiger partial charge in [-0.25, -0.2) is 28.8 Å². The van der Waals surface area contributed by atoms with E-state index in [0.29, 0.717) is 0 Å². The summed E-state index contributed by atoms with van der Waals surface area (Å²) in [6.07, 6.45) is 5.93. The lowest BCUT2D eigenvalue weighted by Crippen LogP contribution is -2.53. The van der Waals surface area contributed by atoms with Crippen LogP contribution in [0, 0.1) is 0 Å². The maximum absolute atomic E-state index is 12.8. The highest BCUT2D eigenvalue weighted by molar-refractivity contribution is 6.16. The van der Waals surface area contributed by atoms with E-state index in [1.54, 1.807) is 0 Å². The fraction of sp³-hybridized carbons (Fsp3) is 0.400. The Hall–Kier alpha value is -5.54. The first-order chi connectivity index (χ1) is 21.4. The first-order valence-corrected chi connectivity index (χ1v) is 13.8. The van der Waals surface area contributed by atoms with E-state index in [9.17, 15) is 39.0 Å². The molecule has 4 aliphatic heterocycles. The van der Waals surface area contributed by atoms with E-state index in [-0.39, 0.29) is 25.7 Å².